The van der Waals surface area contributed by atoms with Crippen LogP contribution >= 0.6 is 11.6 Å². The summed E-state index contributed by atoms with van der Waals surface area (Å²) in [5.41, 5.74) is 2.27. The SMILES string of the molecule is Cc1ccc(S(=O)(=O)N2CCCCC2)cc1NC(=O)CCc1ccccc1Cl. The van der Waals surface area contributed by atoms with Gasteiger partial charge in [-0.2, -0.15) is 4.31 Å². The quantitative estimate of drug-likeness (QED) is 0.753. The number of benzene rings is 2. The third-order valence-electron chi connectivity index (χ3n) is 5.02. The Labute approximate surface area is 171 Å². The number of nitrogens with zero attached hydrogens (tertiary/aromatic N) is 1. The van der Waals surface area contributed by atoms with E-state index in [0.29, 0.717) is 30.2 Å². The number of sulfonamides is 1. The smallest absolute Gasteiger partial charge is 0.243 e. The van der Waals surface area contributed by atoms with Gasteiger partial charge in [-0.05, 0) is 55.5 Å². The molecule has 5 nitrogen and oxygen atoms in total. The minimum absolute atomic E-state index is 0.171. The summed E-state index contributed by atoms with van der Waals surface area (Å²) in [7, 11) is -3.53. The molecular weight excluding hydrogens is 396 g/mol. The first kappa shape index (κ1) is 20.8. The van der Waals surface area contributed by atoms with Gasteiger partial charge in [0.2, 0.25) is 15.9 Å². The summed E-state index contributed by atoms with van der Waals surface area (Å²) >= 11 is 6.13. The molecule has 0 bridgehead atoms. The van der Waals surface area contributed by atoms with Gasteiger partial charge >= 0.3 is 0 Å². The highest BCUT2D eigenvalue weighted by molar-refractivity contribution is 7.89. The molecule has 1 fully saturated rings. The normalized spacial score (nSPS) is 15.4. The molecule has 1 heterocycles. The van der Waals surface area contributed by atoms with Gasteiger partial charge in [0.25, 0.3) is 0 Å². The number of hydrogen-bond donors (Lipinski definition) is 1. The molecule has 0 unspecified atom stereocenters. The molecule has 28 heavy (non-hydrogen) atoms. The van der Waals surface area contributed by atoms with Crippen LogP contribution in [0.25, 0.3) is 0 Å². The highest BCUT2D eigenvalue weighted by atomic mass is 35.5. The highest BCUT2D eigenvalue weighted by Crippen LogP contribution is 2.25. The topological polar surface area (TPSA) is 66.5 Å². The fourth-order valence-electron chi connectivity index (χ4n) is 3.31. The molecule has 0 aromatic heterocycles. The number of aryl methyl sites for hydroxylation is 2. The van der Waals surface area contributed by atoms with Crippen molar-refractivity contribution in [1.29, 1.82) is 0 Å². The van der Waals surface area contributed by atoms with E-state index in [-0.39, 0.29) is 17.2 Å². The Hall–Kier alpha value is -1.89. The van der Waals surface area contributed by atoms with Crippen LogP contribution in [-0.2, 0) is 21.2 Å². The first-order chi connectivity index (χ1) is 13.4. The molecule has 150 valence electrons. The minimum Gasteiger partial charge on any atom is -0.326 e. The molecular formula is C21H25ClN2O3S. The first-order valence-corrected chi connectivity index (χ1v) is 11.3. The zero-order valence-corrected chi connectivity index (χ0v) is 17.5. The maximum Gasteiger partial charge on any atom is 0.243 e. The molecule has 0 atom stereocenters. The van der Waals surface area contributed by atoms with Gasteiger partial charge < -0.3 is 5.32 Å². The molecule has 1 N–H and O–H groups in total. The van der Waals surface area contributed by atoms with E-state index in [1.165, 1.54) is 4.31 Å². The Morgan fingerprint density at radius 3 is 2.54 bits per heavy atom. The van der Waals surface area contributed by atoms with Crippen molar-refractivity contribution >= 4 is 33.2 Å². The standard InChI is InChI=1S/C21H25ClN2O3S/c1-16-9-11-18(28(26,27)24-13-5-2-6-14-24)15-20(16)23-21(25)12-10-17-7-3-4-8-19(17)22/h3-4,7-9,11,15H,2,5-6,10,12-14H2,1H3,(H,23,25). The molecule has 1 saturated heterocycles. The van der Waals surface area contributed by atoms with Gasteiger partial charge in [-0.25, -0.2) is 8.42 Å². The van der Waals surface area contributed by atoms with Crippen LogP contribution in [0.15, 0.2) is 47.4 Å². The lowest BCUT2D eigenvalue weighted by Gasteiger charge is -2.26. The van der Waals surface area contributed by atoms with Crippen molar-refractivity contribution in [2.24, 2.45) is 0 Å². The Morgan fingerprint density at radius 1 is 1.11 bits per heavy atom. The lowest BCUT2D eigenvalue weighted by Crippen LogP contribution is -2.35. The molecule has 2 aromatic rings. The number of carbonyl (C=O) groups is 1. The molecule has 7 heteroatoms. The molecule has 1 amide bonds. The lowest BCUT2D eigenvalue weighted by molar-refractivity contribution is -0.116. The van der Waals surface area contributed by atoms with Crippen molar-refractivity contribution in [3.63, 3.8) is 0 Å². The molecule has 0 saturated carbocycles. The maximum absolute atomic E-state index is 12.9. The number of hydrogen-bond acceptors (Lipinski definition) is 3. The summed E-state index contributed by atoms with van der Waals surface area (Å²) in [6.07, 6.45) is 3.63. The molecule has 0 spiro atoms. The van der Waals surface area contributed by atoms with Crippen LogP contribution in [0.1, 0.15) is 36.8 Å². The predicted octanol–water partition coefficient (Wildman–Crippen LogP) is 4.39. The van der Waals surface area contributed by atoms with Crippen molar-refractivity contribution in [3.8, 4) is 0 Å². The first-order valence-electron chi connectivity index (χ1n) is 9.52. The average Bonchev–Trinajstić information content (AvgIpc) is 2.69. The Kier molecular flexibility index (Phi) is 6.75. The van der Waals surface area contributed by atoms with Gasteiger partial charge in [-0.3, -0.25) is 4.79 Å². The van der Waals surface area contributed by atoms with Crippen molar-refractivity contribution in [2.75, 3.05) is 18.4 Å². The van der Waals surface area contributed by atoms with Gasteiger partial charge in [0, 0.05) is 30.2 Å². The molecule has 2 aromatic carbocycles. The fraction of sp³-hybridized carbons (Fsp3) is 0.381. The van der Waals surface area contributed by atoms with Gasteiger partial charge in [-0.15, -0.1) is 0 Å². The maximum atomic E-state index is 12.9. The predicted molar refractivity (Wildman–Crippen MR) is 112 cm³/mol. The Bertz CT molecular complexity index is 954. The van der Waals surface area contributed by atoms with E-state index in [0.717, 1.165) is 30.4 Å². The average molecular weight is 421 g/mol. The van der Waals surface area contributed by atoms with Crippen LogP contribution in [0.3, 0.4) is 0 Å². The third-order valence-corrected chi connectivity index (χ3v) is 7.28. The number of amides is 1. The lowest BCUT2D eigenvalue weighted by atomic mass is 10.1. The zero-order chi connectivity index (χ0) is 20.1. The van der Waals surface area contributed by atoms with E-state index >= 15 is 0 Å². The minimum atomic E-state index is -3.53. The van der Waals surface area contributed by atoms with E-state index in [9.17, 15) is 13.2 Å². The van der Waals surface area contributed by atoms with Crippen LogP contribution < -0.4 is 5.32 Å². The van der Waals surface area contributed by atoms with Crippen molar-refractivity contribution < 1.29 is 13.2 Å². The van der Waals surface area contributed by atoms with E-state index in [1.807, 2.05) is 25.1 Å². The summed E-state index contributed by atoms with van der Waals surface area (Å²) in [6, 6.07) is 12.3. The van der Waals surface area contributed by atoms with Gasteiger partial charge in [0.15, 0.2) is 0 Å². The number of anilines is 1. The van der Waals surface area contributed by atoms with Crippen molar-refractivity contribution in [2.45, 2.75) is 43.9 Å². The largest absolute Gasteiger partial charge is 0.326 e. The van der Waals surface area contributed by atoms with E-state index in [2.05, 4.69) is 5.32 Å². The van der Waals surface area contributed by atoms with Crippen molar-refractivity contribution in [1.82, 2.24) is 4.31 Å². The number of halogens is 1. The second kappa shape index (κ2) is 9.07. The van der Waals surface area contributed by atoms with Crippen LogP contribution in [0.5, 0.6) is 0 Å². The summed E-state index contributed by atoms with van der Waals surface area (Å²) in [4.78, 5) is 12.6. The zero-order valence-electron chi connectivity index (χ0n) is 15.9. The fourth-order valence-corrected chi connectivity index (χ4v) is 5.09. The van der Waals surface area contributed by atoms with Gasteiger partial charge in [0.1, 0.15) is 0 Å². The highest BCUT2D eigenvalue weighted by Gasteiger charge is 2.26. The van der Waals surface area contributed by atoms with Crippen LogP contribution in [0.4, 0.5) is 5.69 Å². The van der Waals surface area contributed by atoms with E-state index in [4.69, 9.17) is 11.6 Å². The van der Waals surface area contributed by atoms with Crippen LogP contribution in [-0.4, -0.2) is 31.7 Å². The second-order valence-electron chi connectivity index (χ2n) is 7.08. The summed E-state index contributed by atoms with van der Waals surface area (Å²) in [5, 5.41) is 3.49. The number of carbonyl (C=O) groups excluding carboxylic acids is 1. The van der Waals surface area contributed by atoms with E-state index in [1.54, 1.807) is 24.3 Å². The Morgan fingerprint density at radius 2 is 1.82 bits per heavy atom. The van der Waals surface area contributed by atoms with Gasteiger partial charge in [0.05, 0.1) is 4.90 Å². The summed E-state index contributed by atoms with van der Waals surface area (Å²) in [6.45, 7) is 2.95. The molecule has 3 rings (SSSR count). The monoisotopic (exact) mass is 420 g/mol. The van der Waals surface area contributed by atoms with Crippen LogP contribution in [0.2, 0.25) is 5.02 Å². The third kappa shape index (κ3) is 4.93. The number of piperidine rings is 1. The molecule has 0 radical (unpaired) electrons. The van der Waals surface area contributed by atoms with Gasteiger partial charge in [-0.1, -0.05) is 42.3 Å². The summed E-state index contributed by atoms with van der Waals surface area (Å²) in [5.74, 6) is -0.171. The van der Waals surface area contributed by atoms with E-state index < -0.39 is 10.0 Å². The summed E-state index contributed by atoms with van der Waals surface area (Å²) < 4.78 is 27.3. The number of rotatable bonds is 6. The molecule has 0 aliphatic carbocycles. The number of nitrogens with one attached hydrogen (secondary N) is 1. The molecule has 1 aliphatic heterocycles. The Balaban J connectivity index is 1.71. The molecule has 1 aliphatic rings. The second-order valence-corrected chi connectivity index (χ2v) is 9.43. The van der Waals surface area contributed by atoms with Crippen LogP contribution in [0, 0.1) is 6.92 Å². The van der Waals surface area contributed by atoms with Crippen molar-refractivity contribution in [3.05, 3.63) is 58.6 Å².